The molecule has 104 valence electrons. The van der Waals surface area contributed by atoms with Gasteiger partial charge in [0.1, 0.15) is 6.04 Å². The van der Waals surface area contributed by atoms with E-state index >= 15 is 0 Å². The highest BCUT2D eigenvalue weighted by atomic mass is 16.1. The van der Waals surface area contributed by atoms with Gasteiger partial charge in [-0.3, -0.25) is 10.1 Å². The Balaban J connectivity index is 2.01. The Bertz CT molecular complexity index is 383. The van der Waals surface area contributed by atoms with Crippen molar-refractivity contribution in [2.45, 2.75) is 57.0 Å². The summed E-state index contributed by atoms with van der Waals surface area (Å²) in [6.45, 7) is 0. The maximum absolute atomic E-state index is 11.7. The third kappa shape index (κ3) is 4.35. The Morgan fingerprint density at radius 1 is 1.05 bits per heavy atom. The number of nitrogens with two attached hydrogens (primary N) is 1. The third-order valence-electron chi connectivity index (χ3n) is 3.92. The molecular formula is C16H24N2O. The largest absolute Gasteiger partial charge is 0.368 e. The number of benzene rings is 1. The van der Waals surface area contributed by atoms with Gasteiger partial charge in [-0.1, -0.05) is 62.4 Å². The van der Waals surface area contributed by atoms with E-state index in [-0.39, 0.29) is 11.9 Å². The Kier molecular flexibility index (Phi) is 5.40. The average Bonchev–Trinajstić information content (AvgIpc) is 2.38. The summed E-state index contributed by atoms with van der Waals surface area (Å²) in [6, 6.07) is 9.84. The van der Waals surface area contributed by atoms with Crippen LogP contribution in [0.3, 0.4) is 0 Å². The summed E-state index contributed by atoms with van der Waals surface area (Å²) in [7, 11) is 0. The van der Waals surface area contributed by atoms with Gasteiger partial charge in [0.05, 0.1) is 0 Å². The number of amides is 1. The van der Waals surface area contributed by atoms with E-state index in [0.29, 0.717) is 6.04 Å². The normalized spacial score (nSPS) is 19.4. The van der Waals surface area contributed by atoms with Gasteiger partial charge in [0, 0.05) is 6.04 Å². The molecule has 19 heavy (non-hydrogen) atoms. The van der Waals surface area contributed by atoms with Crippen LogP contribution in [0.25, 0.3) is 0 Å². The SMILES string of the molecule is NC(=O)C(NC1CCCCCCC1)c1ccccc1. The highest BCUT2D eigenvalue weighted by molar-refractivity contribution is 5.81. The van der Waals surface area contributed by atoms with Crippen LogP contribution in [-0.2, 0) is 4.79 Å². The molecule has 0 aliphatic heterocycles. The first kappa shape index (κ1) is 14.1. The molecule has 1 aromatic rings. The third-order valence-corrected chi connectivity index (χ3v) is 3.92. The van der Waals surface area contributed by atoms with Crippen LogP contribution >= 0.6 is 0 Å². The molecule has 3 heteroatoms. The topological polar surface area (TPSA) is 55.1 Å². The minimum Gasteiger partial charge on any atom is -0.368 e. The summed E-state index contributed by atoms with van der Waals surface area (Å²) < 4.78 is 0. The predicted molar refractivity (Wildman–Crippen MR) is 77.6 cm³/mol. The van der Waals surface area contributed by atoms with Crippen molar-refractivity contribution in [3.8, 4) is 0 Å². The number of hydrogen-bond acceptors (Lipinski definition) is 2. The van der Waals surface area contributed by atoms with E-state index in [9.17, 15) is 4.79 Å². The summed E-state index contributed by atoms with van der Waals surface area (Å²) >= 11 is 0. The van der Waals surface area contributed by atoms with Crippen molar-refractivity contribution in [3.05, 3.63) is 35.9 Å². The molecule has 0 aromatic heterocycles. The van der Waals surface area contributed by atoms with E-state index in [1.807, 2.05) is 30.3 Å². The summed E-state index contributed by atoms with van der Waals surface area (Å²) in [4.78, 5) is 11.7. The lowest BCUT2D eigenvalue weighted by Gasteiger charge is -2.25. The van der Waals surface area contributed by atoms with Crippen molar-refractivity contribution >= 4 is 5.91 Å². The van der Waals surface area contributed by atoms with E-state index in [1.165, 1.54) is 32.1 Å². The highest BCUT2D eigenvalue weighted by Gasteiger charge is 2.21. The molecule has 1 amide bonds. The van der Waals surface area contributed by atoms with Crippen molar-refractivity contribution in [2.24, 2.45) is 5.73 Å². The molecule has 1 aliphatic rings. The van der Waals surface area contributed by atoms with Crippen molar-refractivity contribution in [1.29, 1.82) is 0 Å². The molecule has 1 aliphatic carbocycles. The molecule has 1 atom stereocenters. The lowest BCUT2D eigenvalue weighted by molar-refractivity contribution is -0.120. The summed E-state index contributed by atoms with van der Waals surface area (Å²) in [5.41, 5.74) is 6.52. The summed E-state index contributed by atoms with van der Waals surface area (Å²) in [6.07, 6.45) is 8.77. The Morgan fingerprint density at radius 3 is 2.21 bits per heavy atom. The van der Waals surface area contributed by atoms with Crippen molar-refractivity contribution in [3.63, 3.8) is 0 Å². The van der Waals surface area contributed by atoms with Gasteiger partial charge >= 0.3 is 0 Å². The highest BCUT2D eigenvalue weighted by Crippen LogP contribution is 2.20. The maximum Gasteiger partial charge on any atom is 0.239 e. The lowest BCUT2D eigenvalue weighted by atomic mass is 9.95. The maximum atomic E-state index is 11.7. The molecule has 0 radical (unpaired) electrons. The molecule has 0 spiro atoms. The van der Waals surface area contributed by atoms with Gasteiger partial charge < -0.3 is 5.73 Å². The standard InChI is InChI=1S/C16H24N2O/c17-16(19)15(13-9-5-4-6-10-13)18-14-11-7-2-1-3-8-12-14/h4-6,9-10,14-15,18H,1-3,7-8,11-12H2,(H2,17,19). The van der Waals surface area contributed by atoms with Crippen LogP contribution in [-0.4, -0.2) is 11.9 Å². The zero-order chi connectivity index (χ0) is 13.5. The number of rotatable bonds is 4. The number of nitrogens with one attached hydrogen (secondary N) is 1. The second kappa shape index (κ2) is 7.29. The molecule has 3 N–H and O–H groups in total. The van der Waals surface area contributed by atoms with Gasteiger partial charge in [-0.05, 0) is 18.4 Å². The molecule has 1 aromatic carbocycles. The average molecular weight is 260 g/mol. The summed E-state index contributed by atoms with van der Waals surface area (Å²) in [5.74, 6) is -0.284. The zero-order valence-corrected chi connectivity index (χ0v) is 11.5. The van der Waals surface area contributed by atoms with Crippen molar-refractivity contribution in [2.75, 3.05) is 0 Å². The predicted octanol–water partition coefficient (Wildman–Crippen LogP) is 2.92. The second-order valence-electron chi connectivity index (χ2n) is 5.45. The zero-order valence-electron chi connectivity index (χ0n) is 11.5. The molecule has 0 saturated heterocycles. The van der Waals surface area contributed by atoms with Gasteiger partial charge in [-0.15, -0.1) is 0 Å². The molecule has 3 nitrogen and oxygen atoms in total. The molecule has 0 bridgehead atoms. The van der Waals surface area contributed by atoms with Crippen LogP contribution in [0.15, 0.2) is 30.3 Å². The fourth-order valence-corrected chi connectivity index (χ4v) is 2.85. The van der Waals surface area contributed by atoms with Gasteiger partial charge in [0.15, 0.2) is 0 Å². The lowest BCUT2D eigenvalue weighted by Crippen LogP contribution is -2.40. The molecule has 1 fully saturated rings. The molecule has 2 rings (SSSR count). The van der Waals surface area contributed by atoms with Crippen LogP contribution in [0.1, 0.15) is 56.6 Å². The first-order valence-corrected chi connectivity index (χ1v) is 7.37. The first-order valence-electron chi connectivity index (χ1n) is 7.37. The molecule has 1 saturated carbocycles. The van der Waals surface area contributed by atoms with Crippen LogP contribution in [0.2, 0.25) is 0 Å². The Hall–Kier alpha value is -1.35. The van der Waals surface area contributed by atoms with Gasteiger partial charge in [0.2, 0.25) is 5.91 Å². The van der Waals surface area contributed by atoms with Crippen molar-refractivity contribution < 1.29 is 4.79 Å². The minimum atomic E-state index is -0.356. The van der Waals surface area contributed by atoms with Crippen LogP contribution < -0.4 is 11.1 Å². The fourth-order valence-electron chi connectivity index (χ4n) is 2.85. The number of carbonyl (C=O) groups is 1. The Labute approximate surface area is 115 Å². The van der Waals surface area contributed by atoms with Gasteiger partial charge in [-0.2, -0.15) is 0 Å². The molecular weight excluding hydrogens is 236 g/mol. The monoisotopic (exact) mass is 260 g/mol. The van der Waals surface area contributed by atoms with E-state index in [0.717, 1.165) is 18.4 Å². The quantitative estimate of drug-likeness (QED) is 0.874. The van der Waals surface area contributed by atoms with Crippen molar-refractivity contribution in [1.82, 2.24) is 5.32 Å². The Morgan fingerprint density at radius 2 is 1.63 bits per heavy atom. The number of primary amides is 1. The molecule has 0 heterocycles. The van der Waals surface area contributed by atoms with Crippen LogP contribution in [0.5, 0.6) is 0 Å². The minimum absolute atomic E-state index is 0.284. The summed E-state index contributed by atoms with van der Waals surface area (Å²) in [5, 5.41) is 3.46. The first-order chi connectivity index (χ1) is 9.27. The second-order valence-corrected chi connectivity index (χ2v) is 5.45. The number of carbonyl (C=O) groups excluding carboxylic acids is 1. The fraction of sp³-hybridized carbons (Fsp3) is 0.562. The smallest absolute Gasteiger partial charge is 0.239 e. The van der Waals surface area contributed by atoms with E-state index in [4.69, 9.17) is 5.73 Å². The van der Waals surface area contributed by atoms with Crippen LogP contribution in [0.4, 0.5) is 0 Å². The number of hydrogen-bond donors (Lipinski definition) is 2. The van der Waals surface area contributed by atoms with E-state index in [2.05, 4.69) is 5.32 Å². The van der Waals surface area contributed by atoms with Crippen LogP contribution in [0, 0.1) is 0 Å². The van der Waals surface area contributed by atoms with Gasteiger partial charge in [0.25, 0.3) is 0 Å². The van der Waals surface area contributed by atoms with E-state index < -0.39 is 0 Å². The van der Waals surface area contributed by atoms with E-state index in [1.54, 1.807) is 0 Å². The van der Waals surface area contributed by atoms with Gasteiger partial charge in [-0.25, -0.2) is 0 Å². The molecule has 1 unspecified atom stereocenters.